The van der Waals surface area contributed by atoms with Crippen LogP contribution in [0.4, 0.5) is 0 Å². The summed E-state index contributed by atoms with van der Waals surface area (Å²) in [6.45, 7) is 3.44. The summed E-state index contributed by atoms with van der Waals surface area (Å²) in [6, 6.07) is 12.1. The third-order valence-corrected chi connectivity index (χ3v) is 3.20. The van der Waals surface area contributed by atoms with Crippen molar-refractivity contribution in [3.63, 3.8) is 0 Å². The Morgan fingerprint density at radius 2 is 1.89 bits per heavy atom. The van der Waals surface area contributed by atoms with Crippen LogP contribution in [0.1, 0.15) is 18.1 Å². The maximum atomic E-state index is 12.3. The van der Waals surface area contributed by atoms with Crippen molar-refractivity contribution in [1.82, 2.24) is 9.47 Å². The van der Waals surface area contributed by atoms with Crippen LogP contribution in [-0.4, -0.2) is 21.9 Å². The number of amides is 1. The molecule has 1 aromatic heterocycles. The van der Waals surface area contributed by atoms with E-state index in [1.165, 1.54) is 5.56 Å². The number of carbonyl (C=O) groups is 1. The van der Waals surface area contributed by atoms with E-state index in [4.69, 9.17) is 0 Å². The van der Waals surface area contributed by atoms with Crippen molar-refractivity contribution in [3.05, 3.63) is 59.9 Å². The molecule has 0 aliphatic heterocycles. The SMILES string of the molecule is CCN(Cc1ccccc1)C(=O)Cc1ccn(C)c1. The van der Waals surface area contributed by atoms with Gasteiger partial charge in [-0.1, -0.05) is 30.3 Å². The summed E-state index contributed by atoms with van der Waals surface area (Å²) < 4.78 is 1.97. The number of likely N-dealkylation sites (N-methyl/N-ethyl adjacent to an activating group) is 1. The highest BCUT2D eigenvalue weighted by Gasteiger charge is 2.13. The van der Waals surface area contributed by atoms with Crippen LogP contribution in [-0.2, 0) is 24.8 Å². The predicted molar refractivity (Wildman–Crippen MR) is 76.7 cm³/mol. The minimum Gasteiger partial charge on any atom is -0.357 e. The Hall–Kier alpha value is -2.03. The van der Waals surface area contributed by atoms with Crippen molar-refractivity contribution in [2.24, 2.45) is 7.05 Å². The molecule has 0 fully saturated rings. The fraction of sp³-hybridized carbons (Fsp3) is 0.312. The average Bonchev–Trinajstić information content (AvgIpc) is 2.82. The summed E-state index contributed by atoms with van der Waals surface area (Å²) in [5.74, 6) is 0.178. The lowest BCUT2D eigenvalue weighted by molar-refractivity contribution is -0.130. The highest BCUT2D eigenvalue weighted by atomic mass is 16.2. The van der Waals surface area contributed by atoms with E-state index in [-0.39, 0.29) is 5.91 Å². The maximum absolute atomic E-state index is 12.3. The third-order valence-electron chi connectivity index (χ3n) is 3.20. The van der Waals surface area contributed by atoms with Crippen LogP contribution in [0.5, 0.6) is 0 Å². The van der Waals surface area contributed by atoms with Crippen LogP contribution < -0.4 is 0 Å². The summed E-state index contributed by atoms with van der Waals surface area (Å²) in [5.41, 5.74) is 2.24. The monoisotopic (exact) mass is 256 g/mol. The van der Waals surface area contributed by atoms with E-state index in [0.29, 0.717) is 13.0 Å². The van der Waals surface area contributed by atoms with Gasteiger partial charge in [0.2, 0.25) is 5.91 Å². The molecule has 0 saturated heterocycles. The van der Waals surface area contributed by atoms with Crippen LogP contribution in [0.3, 0.4) is 0 Å². The fourth-order valence-corrected chi connectivity index (χ4v) is 2.13. The predicted octanol–water partition coefficient (Wildman–Crippen LogP) is 2.62. The van der Waals surface area contributed by atoms with Gasteiger partial charge in [-0.05, 0) is 24.1 Å². The Bertz CT molecular complexity index is 531. The third kappa shape index (κ3) is 3.71. The molecule has 1 amide bonds. The molecule has 3 heteroatoms. The van der Waals surface area contributed by atoms with Gasteiger partial charge in [0.25, 0.3) is 0 Å². The second-order valence-corrected chi connectivity index (χ2v) is 4.76. The highest BCUT2D eigenvalue weighted by molar-refractivity contribution is 5.78. The van der Waals surface area contributed by atoms with E-state index in [1.54, 1.807) is 0 Å². The second kappa shape index (κ2) is 6.23. The minimum atomic E-state index is 0.178. The fourth-order valence-electron chi connectivity index (χ4n) is 2.13. The molecule has 3 nitrogen and oxygen atoms in total. The van der Waals surface area contributed by atoms with Gasteiger partial charge in [0.05, 0.1) is 6.42 Å². The van der Waals surface area contributed by atoms with E-state index in [1.807, 2.05) is 60.1 Å². The summed E-state index contributed by atoms with van der Waals surface area (Å²) >= 11 is 0. The van der Waals surface area contributed by atoms with Gasteiger partial charge in [-0.25, -0.2) is 0 Å². The van der Waals surface area contributed by atoms with Gasteiger partial charge in [-0.2, -0.15) is 0 Å². The van der Waals surface area contributed by atoms with Crippen molar-refractivity contribution in [1.29, 1.82) is 0 Å². The van der Waals surface area contributed by atoms with Crippen LogP contribution in [0.25, 0.3) is 0 Å². The second-order valence-electron chi connectivity index (χ2n) is 4.76. The number of rotatable bonds is 5. The molecule has 0 spiro atoms. The molecule has 0 unspecified atom stereocenters. The number of hydrogen-bond donors (Lipinski definition) is 0. The van der Waals surface area contributed by atoms with Crippen LogP contribution in [0, 0.1) is 0 Å². The molecule has 0 aliphatic rings. The van der Waals surface area contributed by atoms with Gasteiger partial charge in [-0.15, -0.1) is 0 Å². The Labute approximate surface area is 114 Å². The Morgan fingerprint density at radius 1 is 1.16 bits per heavy atom. The zero-order chi connectivity index (χ0) is 13.7. The normalized spacial score (nSPS) is 10.4. The molecule has 0 saturated carbocycles. The van der Waals surface area contributed by atoms with Crippen molar-refractivity contribution < 1.29 is 4.79 Å². The topological polar surface area (TPSA) is 25.2 Å². The quantitative estimate of drug-likeness (QED) is 0.807. The summed E-state index contributed by atoms with van der Waals surface area (Å²) in [7, 11) is 1.97. The van der Waals surface area contributed by atoms with E-state index in [9.17, 15) is 4.79 Å². The molecule has 2 aromatic rings. The first kappa shape index (κ1) is 13.4. The lowest BCUT2D eigenvalue weighted by atomic mass is 10.2. The number of aryl methyl sites for hydroxylation is 1. The van der Waals surface area contributed by atoms with E-state index in [2.05, 4.69) is 12.1 Å². The molecular weight excluding hydrogens is 236 g/mol. The lowest BCUT2D eigenvalue weighted by Crippen LogP contribution is -2.31. The van der Waals surface area contributed by atoms with Crippen LogP contribution in [0.15, 0.2) is 48.8 Å². The minimum absolute atomic E-state index is 0.178. The van der Waals surface area contributed by atoms with E-state index in [0.717, 1.165) is 12.1 Å². The van der Waals surface area contributed by atoms with Crippen molar-refractivity contribution >= 4 is 5.91 Å². The van der Waals surface area contributed by atoms with Crippen LogP contribution >= 0.6 is 0 Å². The molecule has 2 rings (SSSR count). The Kier molecular flexibility index (Phi) is 4.39. The molecule has 0 atom stereocenters. The Morgan fingerprint density at radius 3 is 2.47 bits per heavy atom. The maximum Gasteiger partial charge on any atom is 0.227 e. The van der Waals surface area contributed by atoms with Crippen molar-refractivity contribution in [3.8, 4) is 0 Å². The average molecular weight is 256 g/mol. The Balaban J connectivity index is 1.99. The van der Waals surface area contributed by atoms with Gasteiger partial charge in [0.1, 0.15) is 0 Å². The summed E-state index contributed by atoms with van der Waals surface area (Å²) in [4.78, 5) is 14.2. The van der Waals surface area contributed by atoms with Crippen molar-refractivity contribution in [2.75, 3.05) is 6.54 Å². The van der Waals surface area contributed by atoms with Gasteiger partial charge in [-0.3, -0.25) is 4.79 Å². The number of aromatic nitrogens is 1. The van der Waals surface area contributed by atoms with Gasteiger partial charge in [0, 0.05) is 32.5 Å². The molecule has 1 heterocycles. The first-order valence-electron chi connectivity index (χ1n) is 6.61. The number of hydrogen-bond acceptors (Lipinski definition) is 1. The summed E-state index contributed by atoms with van der Waals surface area (Å²) in [5, 5.41) is 0. The first-order valence-corrected chi connectivity index (χ1v) is 6.61. The van der Waals surface area contributed by atoms with Gasteiger partial charge < -0.3 is 9.47 Å². The smallest absolute Gasteiger partial charge is 0.227 e. The summed E-state index contributed by atoms with van der Waals surface area (Å²) in [6.07, 6.45) is 4.44. The molecule has 0 aliphatic carbocycles. The highest BCUT2D eigenvalue weighted by Crippen LogP contribution is 2.08. The van der Waals surface area contributed by atoms with Crippen LogP contribution in [0.2, 0.25) is 0 Å². The molecular formula is C16H20N2O. The number of benzene rings is 1. The van der Waals surface area contributed by atoms with Gasteiger partial charge in [0.15, 0.2) is 0 Å². The molecule has 100 valence electrons. The largest absolute Gasteiger partial charge is 0.357 e. The van der Waals surface area contributed by atoms with E-state index >= 15 is 0 Å². The zero-order valence-electron chi connectivity index (χ0n) is 11.5. The standard InChI is InChI=1S/C16H20N2O/c1-3-18(13-14-7-5-4-6-8-14)16(19)11-15-9-10-17(2)12-15/h4-10,12H,3,11,13H2,1-2H3. The lowest BCUT2D eigenvalue weighted by Gasteiger charge is -2.20. The van der Waals surface area contributed by atoms with Gasteiger partial charge >= 0.3 is 0 Å². The molecule has 19 heavy (non-hydrogen) atoms. The first-order chi connectivity index (χ1) is 9.19. The van der Waals surface area contributed by atoms with Crippen molar-refractivity contribution in [2.45, 2.75) is 19.9 Å². The van der Waals surface area contributed by atoms with E-state index < -0.39 is 0 Å². The molecule has 0 N–H and O–H groups in total. The molecule has 0 bridgehead atoms. The molecule has 0 radical (unpaired) electrons. The number of nitrogens with zero attached hydrogens (tertiary/aromatic N) is 2. The number of carbonyl (C=O) groups excluding carboxylic acids is 1. The molecule has 1 aromatic carbocycles. The zero-order valence-corrected chi connectivity index (χ0v) is 11.5.